The lowest BCUT2D eigenvalue weighted by atomic mass is 9.99. The molecule has 20 heteroatoms. The van der Waals surface area contributed by atoms with Gasteiger partial charge in [-0.05, 0) is 30.7 Å². The van der Waals surface area contributed by atoms with Gasteiger partial charge in [0.1, 0.15) is 30.7 Å². The second-order valence-corrected chi connectivity index (χ2v) is 21.4. The second-order valence-electron chi connectivity index (χ2n) is 18.4. The summed E-state index contributed by atoms with van der Waals surface area (Å²) in [6.07, 6.45) is 20.6. The lowest BCUT2D eigenvalue weighted by Gasteiger charge is -2.21. The predicted molar refractivity (Wildman–Crippen MR) is 252 cm³/mol. The summed E-state index contributed by atoms with van der Waals surface area (Å²) in [5.74, 6) is 0.271. The first kappa shape index (κ1) is 59.9. The Morgan fingerprint density at radius 3 is 1.73 bits per heavy atom. The number of aliphatic hydroxyl groups excluding tert-OH is 2. The van der Waals surface area contributed by atoms with Crippen LogP contribution in [-0.2, 0) is 46.3 Å². The van der Waals surface area contributed by atoms with Crippen LogP contribution >= 0.6 is 15.6 Å². The molecule has 8 atom stereocenters. The van der Waals surface area contributed by atoms with Gasteiger partial charge >= 0.3 is 33.3 Å². The molecule has 1 fully saturated rings. The van der Waals surface area contributed by atoms with Crippen molar-refractivity contribution in [2.24, 2.45) is 11.8 Å². The number of anilines is 1. The van der Waals surface area contributed by atoms with E-state index in [4.69, 9.17) is 29.0 Å². The molecule has 4 unspecified atom stereocenters. The van der Waals surface area contributed by atoms with Gasteiger partial charge in [0.05, 0.1) is 13.2 Å². The van der Waals surface area contributed by atoms with Gasteiger partial charge in [0.25, 0.3) is 0 Å². The van der Waals surface area contributed by atoms with Crippen LogP contribution in [0.2, 0.25) is 0 Å². The maximum absolute atomic E-state index is 12.8. The molecule has 6 N–H and O–H groups in total. The highest BCUT2D eigenvalue weighted by atomic mass is 31.3. The number of carbonyl (C=O) groups is 2. The van der Waals surface area contributed by atoms with Gasteiger partial charge in [-0.2, -0.15) is 9.29 Å². The molecule has 1 aliphatic heterocycles. The zero-order valence-electron chi connectivity index (χ0n) is 40.3. The zero-order chi connectivity index (χ0) is 48.8. The number of esters is 2. The quantitative estimate of drug-likeness (QED) is 0.0233. The van der Waals surface area contributed by atoms with Gasteiger partial charge < -0.3 is 39.9 Å². The van der Waals surface area contributed by atoms with Crippen LogP contribution in [0.1, 0.15) is 201 Å². The Morgan fingerprint density at radius 2 is 1.21 bits per heavy atom. The maximum Gasteiger partial charge on any atom is 0.481 e. The number of carbonyl (C=O) groups excluding carboxylic acids is 2. The molecule has 0 aromatic carbocycles. The first-order chi connectivity index (χ1) is 31.4. The van der Waals surface area contributed by atoms with E-state index in [2.05, 4.69) is 37.0 Å². The first-order valence-corrected chi connectivity index (χ1v) is 27.8. The number of aromatic nitrogens is 2. The summed E-state index contributed by atoms with van der Waals surface area (Å²) < 4.78 is 56.7. The van der Waals surface area contributed by atoms with Crippen molar-refractivity contribution >= 4 is 33.4 Å². The smallest absolute Gasteiger partial charge is 0.462 e. The van der Waals surface area contributed by atoms with Crippen LogP contribution in [0.4, 0.5) is 5.82 Å². The number of nitrogens with two attached hydrogens (primary N) is 1. The van der Waals surface area contributed by atoms with Crippen molar-refractivity contribution in [1.82, 2.24) is 9.55 Å². The van der Waals surface area contributed by atoms with Crippen molar-refractivity contribution in [2.45, 2.75) is 225 Å². The third-order valence-electron chi connectivity index (χ3n) is 11.9. The number of phosphoric acid groups is 2. The van der Waals surface area contributed by atoms with Gasteiger partial charge in [-0.15, -0.1) is 0 Å². The Hall–Kier alpha value is -2.24. The Morgan fingerprint density at radius 1 is 0.727 bits per heavy atom. The van der Waals surface area contributed by atoms with E-state index in [0.717, 1.165) is 67.8 Å². The monoisotopic (exact) mass is 982 g/mol. The Kier molecular flexibility index (Phi) is 31.0. The van der Waals surface area contributed by atoms with E-state index < -0.39 is 83.7 Å². The summed E-state index contributed by atoms with van der Waals surface area (Å²) in [7, 11) is -10.8. The van der Waals surface area contributed by atoms with Crippen molar-refractivity contribution in [3.8, 4) is 0 Å². The van der Waals surface area contributed by atoms with Crippen LogP contribution in [0, 0.1) is 11.8 Å². The highest BCUT2D eigenvalue weighted by Crippen LogP contribution is 2.60. The molecule has 1 aliphatic rings. The van der Waals surface area contributed by atoms with Crippen molar-refractivity contribution in [2.75, 3.05) is 25.6 Å². The second kappa shape index (κ2) is 34.1. The highest BCUT2D eigenvalue weighted by Gasteiger charge is 2.46. The fourth-order valence-corrected chi connectivity index (χ4v) is 9.76. The van der Waals surface area contributed by atoms with Crippen molar-refractivity contribution in [1.29, 1.82) is 0 Å². The van der Waals surface area contributed by atoms with Gasteiger partial charge in [0.15, 0.2) is 12.3 Å². The van der Waals surface area contributed by atoms with Crippen LogP contribution in [0.5, 0.6) is 0 Å². The largest absolute Gasteiger partial charge is 0.481 e. The summed E-state index contributed by atoms with van der Waals surface area (Å²) >= 11 is 0. The van der Waals surface area contributed by atoms with E-state index in [9.17, 15) is 43.5 Å². The van der Waals surface area contributed by atoms with Gasteiger partial charge in [0, 0.05) is 19.0 Å². The van der Waals surface area contributed by atoms with Crippen LogP contribution in [-0.4, -0.2) is 85.7 Å². The maximum atomic E-state index is 12.8. The number of phosphoric ester groups is 2. The minimum atomic E-state index is -5.42. The molecule has 0 amide bonds. The molecule has 1 aromatic heterocycles. The van der Waals surface area contributed by atoms with E-state index in [1.165, 1.54) is 102 Å². The summed E-state index contributed by atoms with van der Waals surface area (Å²) in [6, 6.07) is 1.25. The van der Waals surface area contributed by atoms with Crippen LogP contribution < -0.4 is 11.4 Å². The summed E-state index contributed by atoms with van der Waals surface area (Å²) in [6.45, 7) is 6.77. The van der Waals surface area contributed by atoms with Crippen molar-refractivity contribution in [3.63, 3.8) is 0 Å². The molecule has 0 saturated carbocycles. The average molecular weight is 982 g/mol. The molecule has 384 valence electrons. The minimum Gasteiger partial charge on any atom is -0.462 e. The number of unbranched alkanes of at least 4 members (excludes halogenated alkanes) is 19. The number of nitrogen functional groups attached to an aromatic ring is 1. The fraction of sp³-hybridized carbons (Fsp3) is 0.870. The predicted octanol–water partition coefficient (Wildman–Crippen LogP) is 9.60. The standard InChI is InChI=1S/C46H85N3O15P2/c1-5-37(4)28-24-20-16-13-14-18-22-26-30-42(51)62-38(33-59-41(50)29-25-21-17-12-10-8-6-7-9-11-15-19-23-27-36(2)3)34-60-65(55,56)64-66(57,58)61-35-39-43(52)44(53)45(63-39)49-32-31-40(47)48-46(49)54/h31-32,36-39,43-45,52-53H,5-30,33-35H2,1-4H3,(H,55,56)(H,57,58)(H2,47,48,54)/t37?,38-,39-,43+,44?,45-/m1/s1. The Balaban J connectivity index is 1.80. The molecule has 2 rings (SSSR count). The number of ether oxygens (including phenoxy) is 3. The topological polar surface area (TPSA) is 265 Å². The van der Waals surface area contributed by atoms with Gasteiger partial charge in [-0.1, -0.05) is 169 Å². The molecule has 18 nitrogen and oxygen atoms in total. The van der Waals surface area contributed by atoms with E-state index in [-0.39, 0.29) is 18.7 Å². The molecule has 0 aliphatic carbocycles. The molecular formula is C46H85N3O15P2. The van der Waals surface area contributed by atoms with Crippen LogP contribution in [0.3, 0.4) is 0 Å². The SMILES string of the molecule is CCC(C)CCCCCCCCCCC(=O)O[C@H](COC(=O)CCCCCCCCCCCCCCCC(C)C)COP(=O)(O)OP(=O)(O)OC[C@H]1O[C@@H](n2ccc(N)nc2=O)C(O)[C@H]1O. The van der Waals surface area contributed by atoms with Crippen molar-refractivity contribution < 1.29 is 66.3 Å². The molecule has 1 saturated heterocycles. The molecule has 2 heterocycles. The number of nitrogens with zero attached hydrogens (tertiary/aromatic N) is 2. The van der Waals surface area contributed by atoms with E-state index in [0.29, 0.717) is 12.8 Å². The third-order valence-corrected chi connectivity index (χ3v) is 14.5. The first-order valence-electron chi connectivity index (χ1n) is 24.8. The number of hydrogen-bond acceptors (Lipinski definition) is 15. The molecule has 0 bridgehead atoms. The van der Waals surface area contributed by atoms with Gasteiger partial charge in [-0.3, -0.25) is 23.2 Å². The summed E-state index contributed by atoms with van der Waals surface area (Å²) in [5, 5.41) is 20.9. The van der Waals surface area contributed by atoms with Gasteiger partial charge in [-0.25, -0.2) is 13.9 Å². The summed E-state index contributed by atoms with van der Waals surface area (Å²) in [5.41, 5.74) is 4.59. The minimum absolute atomic E-state index is 0.0546. The lowest BCUT2D eigenvalue weighted by Crippen LogP contribution is -2.36. The highest BCUT2D eigenvalue weighted by molar-refractivity contribution is 7.61. The number of aliphatic hydroxyl groups is 2. The van der Waals surface area contributed by atoms with E-state index in [1.54, 1.807) is 0 Å². The molecule has 66 heavy (non-hydrogen) atoms. The summed E-state index contributed by atoms with van der Waals surface area (Å²) in [4.78, 5) is 61.8. The average Bonchev–Trinajstić information content (AvgIpc) is 3.53. The normalized spacial score (nSPS) is 20.2. The van der Waals surface area contributed by atoms with Crippen LogP contribution in [0.25, 0.3) is 0 Å². The number of rotatable bonds is 40. The van der Waals surface area contributed by atoms with E-state index >= 15 is 0 Å². The van der Waals surface area contributed by atoms with Gasteiger partial charge in [0.2, 0.25) is 0 Å². The third kappa shape index (κ3) is 27.7. The van der Waals surface area contributed by atoms with Crippen molar-refractivity contribution in [3.05, 3.63) is 22.7 Å². The molecular weight excluding hydrogens is 896 g/mol. The molecule has 0 spiro atoms. The Labute approximate surface area is 393 Å². The zero-order valence-corrected chi connectivity index (χ0v) is 42.1. The molecule has 1 aromatic rings. The lowest BCUT2D eigenvalue weighted by molar-refractivity contribution is -0.161. The molecule has 0 radical (unpaired) electrons. The number of hydrogen-bond donors (Lipinski definition) is 5. The van der Waals surface area contributed by atoms with Crippen LogP contribution in [0.15, 0.2) is 17.1 Å². The Bertz CT molecular complexity index is 1640. The fourth-order valence-electron chi connectivity index (χ4n) is 7.65. The van der Waals surface area contributed by atoms with E-state index in [1.807, 2.05) is 0 Å².